The lowest BCUT2D eigenvalue weighted by molar-refractivity contribution is 0.0466. The molecule has 3 heterocycles. The largest absolute Gasteiger partial charge is 0.369 e. The lowest BCUT2D eigenvalue weighted by Gasteiger charge is -2.23. The van der Waals surface area contributed by atoms with Crippen molar-refractivity contribution in [1.29, 1.82) is 0 Å². The van der Waals surface area contributed by atoms with Crippen molar-refractivity contribution >= 4 is 27.6 Å². The molecular weight excluding hydrogens is 454 g/mol. The van der Waals surface area contributed by atoms with E-state index in [4.69, 9.17) is 16.3 Å². The van der Waals surface area contributed by atoms with Crippen LogP contribution in [0.3, 0.4) is 0 Å². The molecule has 0 saturated heterocycles. The summed E-state index contributed by atoms with van der Waals surface area (Å²) in [6.45, 7) is 3.86. The molecule has 3 aromatic heterocycles. The molecular formula is C20H24ClN7O3S. The van der Waals surface area contributed by atoms with Gasteiger partial charge in [-0.05, 0) is 38.3 Å². The molecule has 0 unspecified atom stereocenters. The number of rotatable bonds is 10. The third-order valence-electron chi connectivity index (χ3n) is 5.07. The van der Waals surface area contributed by atoms with Crippen LogP contribution in [0.5, 0.6) is 0 Å². The van der Waals surface area contributed by atoms with E-state index in [1.54, 1.807) is 25.4 Å². The Morgan fingerprint density at radius 2 is 2.00 bits per heavy atom. The SMILES string of the molecule is CCCO[C@@H](c1ncc(Cl)cn1)[C@H](C)S(=O)(=O)Nc1nnc(-c2cccnc2)n1C1CC1. The highest BCUT2D eigenvalue weighted by Crippen LogP contribution is 2.40. The summed E-state index contributed by atoms with van der Waals surface area (Å²) in [6.07, 6.45) is 7.88. The first-order valence-corrected chi connectivity index (χ1v) is 12.3. The third kappa shape index (κ3) is 4.89. The fourth-order valence-corrected chi connectivity index (χ4v) is 4.45. The second kappa shape index (κ2) is 9.47. The first kappa shape index (κ1) is 22.6. The molecule has 0 bridgehead atoms. The average molecular weight is 478 g/mol. The molecule has 1 N–H and O–H groups in total. The molecule has 3 aromatic rings. The molecule has 4 rings (SSSR count). The van der Waals surface area contributed by atoms with Crippen molar-refractivity contribution in [2.24, 2.45) is 0 Å². The van der Waals surface area contributed by atoms with Gasteiger partial charge >= 0.3 is 0 Å². The lowest BCUT2D eigenvalue weighted by atomic mass is 10.2. The molecule has 170 valence electrons. The Morgan fingerprint density at radius 1 is 1.25 bits per heavy atom. The minimum Gasteiger partial charge on any atom is -0.369 e. The summed E-state index contributed by atoms with van der Waals surface area (Å²) >= 11 is 5.88. The van der Waals surface area contributed by atoms with E-state index in [-0.39, 0.29) is 17.8 Å². The van der Waals surface area contributed by atoms with Gasteiger partial charge in [0.1, 0.15) is 11.4 Å². The fraction of sp³-hybridized carbons (Fsp3) is 0.450. The number of anilines is 1. The maximum absolute atomic E-state index is 13.3. The van der Waals surface area contributed by atoms with Gasteiger partial charge in [-0.2, -0.15) is 0 Å². The number of ether oxygens (including phenoxy) is 1. The molecule has 10 nitrogen and oxygen atoms in total. The van der Waals surface area contributed by atoms with Crippen molar-refractivity contribution in [2.45, 2.75) is 50.5 Å². The summed E-state index contributed by atoms with van der Waals surface area (Å²) in [4.78, 5) is 12.5. The highest BCUT2D eigenvalue weighted by atomic mass is 35.5. The van der Waals surface area contributed by atoms with Crippen LogP contribution >= 0.6 is 11.6 Å². The molecule has 0 aromatic carbocycles. The van der Waals surface area contributed by atoms with Gasteiger partial charge in [0, 0.05) is 43.0 Å². The molecule has 0 amide bonds. The zero-order valence-electron chi connectivity index (χ0n) is 17.7. The summed E-state index contributed by atoms with van der Waals surface area (Å²) < 4.78 is 36.9. The summed E-state index contributed by atoms with van der Waals surface area (Å²) in [5.41, 5.74) is 0.768. The Bertz CT molecular complexity index is 1150. The van der Waals surface area contributed by atoms with Crippen molar-refractivity contribution in [3.8, 4) is 11.4 Å². The van der Waals surface area contributed by atoms with E-state index in [1.807, 2.05) is 17.6 Å². The van der Waals surface area contributed by atoms with Crippen LogP contribution in [-0.4, -0.2) is 50.0 Å². The normalized spacial score (nSPS) is 16.0. The number of halogens is 1. The fourth-order valence-electron chi connectivity index (χ4n) is 3.25. The monoisotopic (exact) mass is 477 g/mol. The van der Waals surface area contributed by atoms with E-state index in [0.29, 0.717) is 17.5 Å². The van der Waals surface area contributed by atoms with Crippen molar-refractivity contribution in [1.82, 2.24) is 29.7 Å². The number of pyridine rings is 1. The molecule has 12 heteroatoms. The van der Waals surface area contributed by atoms with E-state index in [9.17, 15) is 8.42 Å². The van der Waals surface area contributed by atoms with Crippen LogP contribution in [0.15, 0.2) is 36.9 Å². The highest BCUT2D eigenvalue weighted by molar-refractivity contribution is 7.93. The van der Waals surface area contributed by atoms with Crippen molar-refractivity contribution in [3.63, 3.8) is 0 Å². The molecule has 0 radical (unpaired) electrons. The minimum atomic E-state index is -3.93. The van der Waals surface area contributed by atoms with E-state index in [2.05, 4.69) is 29.9 Å². The average Bonchev–Trinajstić information content (AvgIpc) is 3.55. The first-order chi connectivity index (χ1) is 15.4. The van der Waals surface area contributed by atoms with Crippen LogP contribution in [0.25, 0.3) is 11.4 Å². The molecule has 32 heavy (non-hydrogen) atoms. The predicted molar refractivity (Wildman–Crippen MR) is 120 cm³/mol. The van der Waals surface area contributed by atoms with Gasteiger partial charge < -0.3 is 4.74 Å². The Hall–Kier alpha value is -2.63. The molecule has 1 saturated carbocycles. The van der Waals surface area contributed by atoms with Crippen LogP contribution in [0.2, 0.25) is 5.02 Å². The number of nitrogens with one attached hydrogen (secondary N) is 1. The number of nitrogens with zero attached hydrogens (tertiary/aromatic N) is 6. The Balaban J connectivity index is 1.63. The Morgan fingerprint density at radius 3 is 2.62 bits per heavy atom. The van der Waals surface area contributed by atoms with Gasteiger partial charge in [0.25, 0.3) is 0 Å². The van der Waals surface area contributed by atoms with Crippen molar-refractivity contribution in [3.05, 3.63) is 47.8 Å². The smallest absolute Gasteiger partial charge is 0.240 e. The quantitative estimate of drug-likeness (QED) is 0.470. The second-order valence-corrected chi connectivity index (χ2v) is 10.1. The van der Waals surface area contributed by atoms with E-state index >= 15 is 0 Å². The second-order valence-electron chi connectivity index (χ2n) is 7.59. The number of hydrogen-bond donors (Lipinski definition) is 1. The topological polar surface area (TPSA) is 125 Å². The van der Waals surface area contributed by atoms with Gasteiger partial charge in [0.2, 0.25) is 16.0 Å². The summed E-state index contributed by atoms with van der Waals surface area (Å²) in [5.74, 6) is 0.996. The molecule has 1 aliphatic carbocycles. The van der Waals surface area contributed by atoms with Crippen molar-refractivity contribution in [2.75, 3.05) is 11.3 Å². The summed E-state index contributed by atoms with van der Waals surface area (Å²) in [6, 6.07) is 3.80. The van der Waals surface area contributed by atoms with Crippen LogP contribution < -0.4 is 4.72 Å². The molecule has 1 aliphatic rings. The van der Waals surface area contributed by atoms with Crippen molar-refractivity contribution < 1.29 is 13.2 Å². The van der Waals surface area contributed by atoms with E-state index < -0.39 is 21.4 Å². The Labute approximate surface area is 191 Å². The summed E-state index contributed by atoms with van der Waals surface area (Å²) in [7, 11) is -3.93. The summed E-state index contributed by atoms with van der Waals surface area (Å²) in [5, 5.41) is 7.72. The molecule has 0 spiro atoms. The minimum absolute atomic E-state index is 0.139. The number of aromatic nitrogens is 6. The zero-order chi connectivity index (χ0) is 22.7. The standard InChI is InChI=1S/C20H24ClN7O3S/c1-3-9-31-17(18-23-11-15(21)12-24-18)13(2)32(29,30)27-20-26-25-19(28(20)16-6-7-16)14-5-4-8-22-10-14/h4-5,8,10-13,16-17H,3,6-7,9H2,1-2H3,(H,26,27)/t13-,17+/m0/s1. The highest BCUT2D eigenvalue weighted by Gasteiger charge is 2.36. The van der Waals surface area contributed by atoms with Crippen LogP contribution in [-0.2, 0) is 14.8 Å². The predicted octanol–water partition coefficient (Wildman–Crippen LogP) is 3.42. The van der Waals surface area contributed by atoms with Gasteiger partial charge in [-0.1, -0.05) is 18.5 Å². The van der Waals surface area contributed by atoms with Crippen LogP contribution in [0.1, 0.15) is 51.1 Å². The molecule has 0 aliphatic heterocycles. The lowest BCUT2D eigenvalue weighted by Crippen LogP contribution is -2.34. The van der Waals surface area contributed by atoms with Gasteiger partial charge in [0.15, 0.2) is 11.6 Å². The third-order valence-corrected chi connectivity index (χ3v) is 6.96. The van der Waals surface area contributed by atoms with Crippen LogP contribution in [0.4, 0.5) is 5.95 Å². The van der Waals surface area contributed by atoms with E-state index in [1.165, 1.54) is 12.4 Å². The Kier molecular flexibility index (Phi) is 6.68. The van der Waals surface area contributed by atoms with Gasteiger partial charge in [0.05, 0.1) is 5.02 Å². The molecule has 1 fully saturated rings. The first-order valence-electron chi connectivity index (χ1n) is 10.4. The maximum atomic E-state index is 13.3. The number of hydrogen-bond acceptors (Lipinski definition) is 8. The number of sulfonamides is 1. The zero-order valence-corrected chi connectivity index (χ0v) is 19.3. The van der Waals surface area contributed by atoms with Gasteiger partial charge in [-0.25, -0.2) is 18.4 Å². The van der Waals surface area contributed by atoms with Gasteiger partial charge in [-0.3, -0.25) is 14.3 Å². The van der Waals surface area contributed by atoms with E-state index in [0.717, 1.165) is 24.8 Å². The van der Waals surface area contributed by atoms with Gasteiger partial charge in [-0.15, -0.1) is 10.2 Å². The maximum Gasteiger partial charge on any atom is 0.240 e. The molecule has 2 atom stereocenters. The van der Waals surface area contributed by atoms with Crippen LogP contribution in [0, 0.1) is 0 Å².